The van der Waals surface area contributed by atoms with Gasteiger partial charge in [0.05, 0.1) is 13.2 Å². The molecule has 0 amide bonds. The van der Waals surface area contributed by atoms with E-state index in [2.05, 4.69) is 13.8 Å². The van der Waals surface area contributed by atoms with E-state index < -0.39 is 5.97 Å². The van der Waals surface area contributed by atoms with Crippen LogP contribution in [0.15, 0.2) is 30.0 Å². The predicted octanol–water partition coefficient (Wildman–Crippen LogP) is 5.67. The van der Waals surface area contributed by atoms with Gasteiger partial charge in [0.1, 0.15) is 5.75 Å². The molecule has 1 aromatic carbocycles. The van der Waals surface area contributed by atoms with Gasteiger partial charge in [0, 0.05) is 0 Å². The molecule has 0 atom stereocenters. The molecule has 0 aromatic heterocycles. The van der Waals surface area contributed by atoms with Crippen LogP contribution in [0.4, 0.5) is 0 Å². The van der Waals surface area contributed by atoms with Gasteiger partial charge in [-0.15, -0.1) is 0 Å². The van der Waals surface area contributed by atoms with E-state index in [9.17, 15) is 9.90 Å². The standard InChI is InChI=1S/C21H32O4/c1-3-5-7-8-9-10-16-25-20(21(22)23)17-18-11-13-19(14-12-18)24-15-6-4-2/h11-14,17H,3-10,15-16H2,1-2H3,(H,22,23). The lowest BCUT2D eigenvalue weighted by Crippen LogP contribution is -2.06. The summed E-state index contributed by atoms with van der Waals surface area (Å²) in [5.74, 6) is -0.238. The van der Waals surface area contributed by atoms with Gasteiger partial charge in [-0.2, -0.15) is 0 Å². The highest BCUT2D eigenvalue weighted by Gasteiger charge is 2.09. The van der Waals surface area contributed by atoms with E-state index in [1.807, 2.05) is 24.3 Å². The monoisotopic (exact) mass is 348 g/mol. The summed E-state index contributed by atoms with van der Waals surface area (Å²) in [7, 11) is 0. The Morgan fingerprint density at radius 2 is 1.56 bits per heavy atom. The number of carbonyl (C=O) groups is 1. The van der Waals surface area contributed by atoms with E-state index in [0.29, 0.717) is 13.2 Å². The van der Waals surface area contributed by atoms with Crippen molar-refractivity contribution in [3.05, 3.63) is 35.6 Å². The number of hydrogen-bond donors (Lipinski definition) is 1. The number of benzene rings is 1. The third-order valence-electron chi connectivity index (χ3n) is 3.91. The van der Waals surface area contributed by atoms with Gasteiger partial charge in [0.25, 0.3) is 0 Å². The molecule has 0 aliphatic heterocycles. The van der Waals surface area contributed by atoms with Crippen molar-refractivity contribution in [2.45, 2.75) is 65.2 Å². The van der Waals surface area contributed by atoms with Crippen LogP contribution in [0.5, 0.6) is 5.75 Å². The first kappa shape index (κ1) is 21.1. The molecule has 0 saturated carbocycles. The fraction of sp³-hybridized carbons (Fsp3) is 0.571. The predicted molar refractivity (Wildman–Crippen MR) is 102 cm³/mol. The highest BCUT2D eigenvalue weighted by molar-refractivity contribution is 5.89. The maximum atomic E-state index is 11.3. The van der Waals surface area contributed by atoms with Gasteiger partial charge >= 0.3 is 5.97 Å². The summed E-state index contributed by atoms with van der Waals surface area (Å²) in [5, 5.41) is 9.29. The Morgan fingerprint density at radius 1 is 0.920 bits per heavy atom. The number of unbranched alkanes of at least 4 members (excludes halogenated alkanes) is 6. The number of carboxylic acid groups (broad SMARTS) is 1. The zero-order chi connectivity index (χ0) is 18.3. The van der Waals surface area contributed by atoms with Crippen LogP contribution in [0.25, 0.3) is 6.08 Å². The summed E-state index contributed by atoms with van der Waals surface area (Å²) in [6, 6.07) is 7.40. The molecule has 0 aliphatic rings. The molecule has 0 radical (unpaired) electrons. The molecule has 0 spiro atoms. The van der Waals surface area contributed by atoms with Gasteiger partial charge in [0.15, 0.2) is 0 Å². The topological polar surface area (TPSA) is 55.8 Å². The second kappa shape index (κ2) is 13.3. The smallest absolute Gasteiger partial charge is 0.371 e. The van der Waals surface area contributed by atoms with Crippen molar-refractivity contribution in [2.24, 2.45) is 0 Å². The molecule has 4 nitrogen and oxygen atoms in total. The fourth-order valence-corrected chi connectivity index (χ4v) is 2.38. The van der Waals surface area contributed by atoms with Crippen molar-refractivity contribution < 1.29 is 19.4 Å². The van der Waals surface area contributed by atoms with Crippen LogP contribution in [0.1, 0.15) is 70.8 Å². The van der Waals surface area contributed by atoms with Gasteiger partial charge < -0.3 is 14.6 Å². The molecule has 0 unspecified atom stereocenters. The second-order valence-electron chi connectivity index (χ2n) is 6.20. The minimum Gasteiger partial charge on any atom is -0.494 e. The lowest BCUT2D eigenvalue weighted by Gasteiger charge is -2.08. The lowest BCUT2D eigenvalue weighted by atomic mass is 10.1. The zero-order valence-corrected chi connectivity index (χ0v) is 15.6. The van der Waals surface area contributed by atoms with Crippen molar-refractivity contribution >= 4 is 12.0 Å². The molecule has 4 heteroatoms. The molecule has 0 saturated heterocycles. The Bertz CT molecular complexity index is 505. The molecule has 1 aromatic rings. The van der Waals surface area contributed by atoms with Crippen molar-refractivity contribution in [3.63, 3.8) is 0 Å². The summed E-state index contributed by atoms with van der Waals surface area (Å²) < 4.78 is 11.1. The summed E-state index contributed by atoms with van der Waals surface area (Å²) in [6.07, 6.45) is 10.6. The quantitative estimate of drug-likeness (QED) is 0.267. The number of aliphatic carboxylic acids is 1. The minimum absolute atomic E-state index is 0.00629. The number of hydrogen-bond acceptors (Lipinski definition) is 3. The van der Waals surface area contributed by atoms with E-state index in [1.165, 1.54) is 25.7 Å². The lowest BCUT2D eigenvalue weighted by molar-refractivity contribution is -0.136. The van der Waals surface area contributed by atoms with Crippen molar-refractivity contribution in [1.29, 1.82) is 0 Å². The van der Waals surface area contributed by atoms with Gasteiger partial charge in [-0.3, -0.25) is 0 Å². The van der Waals surface area contributed by atoms with Crippen LogP contribution in [-0.2, 0) is 9.53 Å². The van der Waals surface area contributed by atoms with Crippen molar-refractivity contribution in [2.75, 3.05) is 13.2 Å². The molecular formula is C21H32O4. The van der Waals surface area contributed by atoms with E-state index in [-0.39, 0.29) is 5.76 Å². The third-order valence-corrected chi connectivity index (χ3v) is 3.91. The van der Waals surface area contributed by atoms with Gasteiger partial charge in [0.2, 0.25) is 5.76 Å². The molecule has 0 bridgehead atoms. The van der Waals surface area contributed by atoms with Gasteiger partial charge in [-0.1, -0.05) is 64.5 Å². The van der Waals surface area contributed by atoms with Crippen LogP contribution in [0.2, 0.25) is 0 Å². The molecule has 1 N–H and O–H groups in total. The largest absolute Gasteiger partial charge is 0.494 e. The highest BCUT2D eigenvalue weighted by Crippen LogP contribution is 2.16. The van der Waals surface area contributed by atoms with Crippen molar-refractivity contribution in [3.8, 4) is 5.75 Å². The van der Waals surface area contributed by atoms with Crippen LogP contribution in [0, 0.1) is 0 Å². The maximum absolute atomic E-state index is 11.3. The second-order valence-corrected chi connectivity index (χ2v) is 6.20. The van der Waals surface area contributed by atoms with E-state index in [0.717, 1.165) is 37.0 Å². The number of rotatable bonds is 14. The first-order valence-electron chi connectivity index (χ1n) is 9.48. The Kier molecular flexibility index (Phi) is 11.2. The Labute approximate surface area is 151 Å². The van der Waals surface area contributed by atoms with Crippen molar-refractivity contribution in [1.82, 2.24) is 0 Å². The highest BCUT2D eigenvalue weighted by atomic mass is 16.5. The van der Waals surface area contributed by atoms with E-state index in [1.54, 1.807) is 6.08 Å². The molecule has 140 valence electrons. The van der Waals surface area contributed by atoms with Crippen LogP contribution in [0.3, 0.4) is 0 Å². The number of ether oxygens (including phenoxy) is 2. The fourth-order valence-electron chi connectivity index (χ4n) is 2.38. The Balaban J connectivity index is 2.44. The SMILES string of the molecule is CCCCCCCCOC(=Cc1ccc(OCCCC)cc1)C(=O)O. The molecule has 0 heterocycles. The average molecular weight is 348 g/mol. The summed E-state index contributed by atoms with van der Waals surface area (Å²) in [5.41, 5.74) is 0.795. The summed E-state index contributed by atoms with van der Waals surface area (Å²) in [4.78, 5) is 11.3. The number of carboxylic acids is 1. The molecule has 0 aliphatic carbocycles. The Hall–Kier alpha value is -1.97. The first-order chi connectivity index (χ1) is 12.2. The zero-order valence-electron chi connectivity index (χ0n) is 15.6. The van der Waals surface area contributed by atoms with E-state index in [4.69, 9.17) is 9.47 Å². The van der Waals surface area contributed by atoms with Crippen LogP contribution in [-0.4, -0.2) is 24.3 Å². The molecule has 25 heavy (non-hydrogen) atoms. The molecule has 1 rings (SSSR count). The van der Waals surface area contributed by atoms with Gasteiger partial charge in [-0.25, -0.2) is 4.79 Å². The summed E-state index contributed by atoms with van der Waals surface area (Å²) in [6.45, 7) is 5.46. The van der Waals surface area contributed by atoms with Gasteiger partial charge in [-0.05, 0) is 36.6 Å². The van der Waals surface area contributed by atoms with Crippen LogP contribution < -0.4 is 4.74 Å². The summed E-state index contributed by atoms with van der Waals surface area (Å²) >= 11 is 0. The molecular weight excluding hydrogens is 316 g/mol. The molecule has 0 fully saturated rings. The normalized spacial score (nSPS) is 11.4. The Morgan fingerprint density at radius 3 is 2.20 bits per heavy atom. The van der Waals surface area contributed by atoms with E-state index >= 15 is 0 Å². The minimum atomic E-state index is -1.03. The maximum Gasteiger partial charge on any atom is 0.371 e. The first-order valence-corrected chi connectivity index (χ1v) is 9.48. The third kappa shape index (κ3) is 9.80. The average Bonchev–Trinajstić information content (AvgIpc) is 2.61. The van der Waals surface area contributed by atoms with Crippen LogP contribution >= 0.6 is 0 Å².